The summed E-state index contributed by atoms with van der Waals surface area (Å²) < 4.78 is 0. The predicted octanol–water partition coefficient (Wildman–Crippen LogP) is -0.523. The Morgan fingerprint density at radius 3 is 1.75 bits per heavy atom. The number of aliphatic carboxylic acids is 2. The van der Waals surface area contributed by atoms with Crippen LogP contribution in [-0.2, 0) is 47.9 Å². The van der Waals surface area contributed by atoms with Crippen LogP contribution in [0.3, 0.4) is 0 Å². The molecular formula is C37H59N7O12. The number of likely N-dealkylation sites (N-methyl/N-ethyl adjacent to an activating group) is 1. The van der Waals surface area contributed by atoms with Crippen LogP contribution < -0.4 is 26.6 Å². The summed E-state index contributed by atoms with van der Waals surface area (Å²) >= 11 is 0. The number of carboxylic acids is 2. The quantitative estimate of drug-likeness (QED) is 0.0480. The molecule has 19 nitrogen and oxygen atoms in total. The van der Waals surface area contributed by atoms with Gasteiger partial charge >= 0.3 is 11.9 Å². The summed E-state index contributed by atoms with van der Waals surface area (Å²) in [5.41, 5.74) is 0. The Hall–Kier alpha value is -5.36. The van der Waals surface area contributed by atoms with E-state index in [-0.39, 0.29) is 32.4 Å². The molecular weight excluding hydrogens is 734 g/mol. The molecule has 1 heterocycles. The molecule has 6 unspecified atom stereocenters. The van der Waals surface area contributed by atoms with E-state index in [1.807, 2.05) is 0 Å². The zero-order valence-corrected chi connectivity index (χ0v) is 33.3. The van der Waals surface area contributed by atoms with Crippen molar-refractivity contribution in [2.24, 2.45) is 11.8 Å². The highest BCUT2D eigenvalue weighted by molar-refractivity contribution is 6.38. The predicted molar refractivity (Wildman–Crippen MR) is 201 cm³/mol. The summed E-state index contributed by atoms with van der Waals surface area (Å²) in [6.07, 6.45) is 1.04. The van der Waals surface area contributed by atoms with Crippen molar-refractivity contribution in [1.29, 1.82) is 0 Å². The van der Waals surface area contributed by atoms with Gasteiger partial charge < -0.3 is 46.6 Å². The summed E-state index contributed by atoms with van der Waals surface area (Å²) in [5.74, 6) is -9.75. The van der Waals surface area contributed by atoms with E-state index in [2.05, 4.69) is 33.2 Å². The minimum atomic E-state index is -1.51. The minimum absolute atomic E-state index is 0.129. The lowest BCUT2D eigenvalue weighted by molar-refractivity contribution is -0.146. The molecule has 0 aromatic carbocycles. The Balaban J connectivity index is 3.24. The van der Waals surface area contributed by atoms with Gasteiger partial charge in [-0.05, 0) is 43.9 Å². The zero-order chi connectivity index (χ0) is 42.9. The second-order valence-corrected chi connectivity index (χ2v) is 14.5. The molecule has 7 N–H and O–H groups in total. The molecule has 0 saturated carbocycles. The van der Waals surface area contributed by atoms with Crippen LogP contribution in [0.4, 0.5) is 0 Å². The first-order valence-corrected chi connectivity index (χ1v) is 18.8. The van der Waals surface area contributed by atoms with Crippen molar-refractivity contribution < 1.29 is 58.2 Å². The summed E-state index contributed by atoms with van der Waals surface area (Å²) in [6, 6.07) is -7.45. The third-order valence-corrected chi connectivity index (χ3v) is 9.11. The lowest BCUT2D eigenvalue weighted by Gasteiger charge is -2.33. The van der Waals surface area contributed by atoms with Gasteiger partial charge in [-0.3, -0.25) is 47.9 Å². The molecule has 0 aromatic heterocycles. The molecule has 1 fully saturated rings. The monoisotopic (exact) mass is 793 g/mol. The van der Waals surface area contributed by atoms with Gasteiger partial charge in [-0.1, -0.05) is 47.1 Å². The van der Waals surface area contributed by atoms with Crippen LogP contribution >= 0.6 is 0 Å². The lowest BCUT2D eigenvalue weighted by Crippen LogP contribution is -2.61. The van der Waals surface area contributed by atoms with Gasteiger partial charge in [0.05, 0.1) is 6.04 Å². The molecule has 314 valence electrons. The second kappa shape index (κ2) is 23.5. The number of likely N-dealkylation sites (tertiary alicyclic amines) is 1. The Morgan fingerprint density at radius 2 is 1.27 bits per heavy atom. The molecule has 7 amide bonds. The highest BCUT2D eigenvalue weighted by atomic mass is 16.4. The molecule has 0 spiro atoms. The highest BCUT2D eigenvalue weighted by Crippen LogP contribution is 2.21. The topological polar surface area (TPSA) is 278 Å². The summed E-state index contributed by atoms with van der Waals surface area (Å²) in [4.78, 5) is 130. The van der Waals surface area contributed by atoms with E-state index in [0.717, 1.165) is 6.92 Å². The molecule has 1 saturated heterocycles. The number of rotatable bonds is 24. The average Bonchev–Trinajstić information content (AvgIpc) is 3.61. The van der Waals surface area contributed by atoms with Crippen LogP contribution in [0, 0.1) is 11.8 Å². The van der Waals surface area contributed by atoms with Crippen molar-refractivity contribution in [2.45, 2.75) is 129 Å². The normalized spacial score (nSPS) is 16.4. The van der Waals surface area contributed by atoms with E-state index >= 15 is 0 Å². The Labute approximate surface area is 327 Å². The van der Waals surface area contributed by atoms with E-state index in [4.69, 9.17) is 5.11 Å². The van der Waals surface area contributed by atoms with Crippen LogP contribution in [0.15, 0.2) is 12.7 Å². The summed E-state index contributed by atoms with van der Waals surface area (Å²) in [7, 11) is 1.44. The lowest BCUT2D eigenvalue weighted by atomic mass is 9.98. The molecule has 1 rings (SSSR count). The molecule has 1 aliphatic rings. The van der Waals surface area contributed by atoms with Crippen LogP contribution in [0.5, 0.6) is 0 Å². The molecule has 0 aromatic rings. The van der Waals surface area contributed by atoms with Crippen LogP contribution in [-0.4, -0.2) is 135 Å². The number of amides is 7. The van der Waals surface area contributed by atoms with E-state index in [1.165, 1.54) is 22.9 Å². The van der Waals surface area contributed by atoms with Gasteiger partial charge in [0, 0.05) is 39.9 Å². The Morgan fingerprint density at radius 1 is 0.750 bits per heavy atom. The Bertz CT molecular complexity index is 1480. The smallest absolute Gasteiger partial charge is 0.303 e. The number of hydrogen-bond acceptors (Lipinski definition) is 10. The first kappa shape index (κ1) is 48.7. The first-order valence-electron chi connectivity index (χ1n) is 18.8. The number of hydrogen-bond donors (Lipinski definition) is 7. The molecule has 0 bridgehead atoms. The number of nitrogens with one attached hydrogen (secondary N) is 5. The van der Waals surface area contributed by atoms with Crippen molar-refractivity contribution in [3.05, 3.63) is 12.7 Å². The van der Waals surface area contributed by atoms with Crippen molar-refractivity contribution >= 4 is 59.1 Å². The summed E-state index contributed by atoms with van der Waals surface area (Å²) in [6.45, 7) is 13.3. The SMILES string of the molecule is C=CCN(C)C(=O)C(=O)C(CCC)NC(=O)C1CCCN1C(=O)C(NC(=O)C(NC(=O)C(CCC(=O)O)NC(=O)C(CCC(=O)O)NC(C)=O)C(C)C)C(C)C. The van der Waals surface area contributed by atoms with Crippen molar-refractivity contribution in [3.8, 4) is 0 Å². The second-order valence-electron chi connectivity index (χ2n) is 14.5. The highest BCUT2D eigenvalue weighted by Gasteiger charge is 2.41. The maximum absolute atomic E-state index is 14.0. The number of nitrogens with zero attached hydrogens (tertiary/aromatic N) is 2. The average molecular weight is 794 g/mol. The number of Topliss-reactive ketones (excluding diaryl/α,β-unsaturated/α-hetero) is 1. The maximum Gasteiger partial charge on any atom is 0.303 e. The molecule has 19 heteroatoms. The maximum atomic E-state index is 14.0. The zero-order valence-electron chi connectivity index (χ0n) is 33.3. The fourth-order valence-electron chi connectivity index (χ4n) is 6.06. The number of carboxylic acid groups (broad SMARTS) is 2. The van der Waals surface area contributed by atoms with Crippen LogP contribution in [0.25, 0.3) is 0 Å². The third kappa shape index (κ3) is 15.4. The number of carbonyl (C=O) groups is 10. The van der Waals surface area contributed by atoms with Crippen LogP contribution in [0.1, 0.15) is 92.9 Å². The molecule has 0 radical (unpaired) electrons. The molecule has 56 heavy (non-hydrogen) atoms. The summed E-state index contributed by atoms with van der Waals surface area (Å²) in [5, 5.41) is 30.9. The largest absolute Gasteiger partial charge is 0.481 e. The van der Waals surface area contributed by atoms with Gasteiger partial charge in [0.25, 0.3) is 5.91 Å². The number of carbonyl (C=O) groups excluding carboxylic acids is 8. The fraction of sp³-hybridized carbons (Fsp3) is 0.676. The Kier molecular flexibility index (Phi) is 20.5. The van der Waals surface area contributed by atoms with Crippen molar-refractivity contribution in [2.75, 3.05) is 20.1 Å². The van der Waals surface area contributed by atoms with Gasteiger partial charge in [-0.15, -0.1) is 6.58 Å². The molecule has 0 aliphatic carbocycles. The molecule has 6 atom stereocenters. The number of ketones is 1. The first-order chi connectivity index (χ1) is 26.2. The van der Waals surface area contributed by atoms with Gasteiger partial charge in [-0.2, -0.15) is 0 Å². The van der Waals surface area contributed by atoms with E-state index in [9.17, 15) is 53.1 Å². The third-order valence-electron chi connectivity index (χ3n) is 9.11. The molecule has 1 aliphatic heterocycles. The van der Waals surface area contributed by atoms with E-state index in [1.54, 1.807) is 34.6 Å². The van der Waals surface area contributed by atoms with E-state index in [0.29, 0.717) is 12.8 Å². The van der Waals surface area contributed by atoms with Crippen LogP contribution in [0.2, 0.25) is 0 Å². The minimum Gasteiger partial charge on any atom is -0.481 e. The van der Waals surface area contributed by atoms with Gasteiger partial charge in [0.1, 0.15) is 30.2 Å². The van der Waals surface area contributed by atoms with Gasteiger partial charge in [0.2, 0.25) is 41.2 Å². The fourth-order valence-corrected chi connectivity index (χ4v) is 6.06. The van der Waals surface area contributed by atoms with Gasteiger partial charge in [0.15, 0.2) is 0 Å². The van der Waals surface area contributed by atoms with Crippen molar-refractivity contribution in [3.63, 3.8) is 0 Å². The standard InChI is InChI=1S/C37H59N7O12/c1-9-12-23(31(50)37(56)43(8)18-10-2)39-34(53)26-13-11-19-44(26)36(55)30(21(5)6)42-35(54)29(20(3)4)41-33(52)25(15-17-28(48)49)40-32(51)24(38-22(7)45)14-16-27(46)47/h10,20-21,23-26,29-30H,2,9,11-19H2,1,3-8H3,(H,38,45)(H,39,53)(H,40,51)(H,41,52)(H,42,54)(H,46,47)(H,48,49). The van der Waals surface area contributed by atoms with E-state index < -0.39 is 126 Å². The van der Waals surface area contributed by atoms with Crippen molar-refractivity contribution in [1.82, 2.24) is 36.4 Å². The van der Waals surface area contributed by atoms with Gasteiger partial charge in [-0.25, -0.2) is 0 Å².